The van der Waals surface area contributed by atoms with Gasteiger partial charge in [-0.2, -0.15) is 0 Å². The molecule has 0 unspecified atom stereocenters. The van der Waals surface area contributed by atoms with Crippen LogP contribution in [0, 0.1) is 10.1 Å². The molecule has 9 heteroatoms. The van der Waals surface area contributed by atoms with E-state index in [0.717, 1.165) is 0 Å². The van der Waals surface area contributed by atoms with E-state index in [1.807, 2.05) is 12.1 Å². The summed E-state index contributed by atoms with van der Waals surface area (Å²) in [5.41, 5.74) is -0.440. The van der Waals surface area contributed by atoms with Gasteiger partial charge in [0.2, 0.25) is 0 Å². The third-order valence-electron chi connectivity index (χ3n) is 4.16. The van der Waals surface area contributed by atoms with Gasteiger partial charge in [-0.15, -0.1) is 0 Å². The summed E-state index contributed by atoms with van der Waals surface area (Å²) in [5, 5.41) is 14.0. The van der Waals surface area contributed by atoms with Crippen molar-refractivity contribution < 1.29 is 28.7 Å². The molecule has 4 rings (SSSR count). The van der Waals surface area contributed by atoms with Crippen LogP contribution in [0.4, 0.5) is 5.69 Å². The number of carbonyl (C=O) groups is 1. The summed E-state index contributed by atoms with van der Waals surface area (Å²) in [4.78, 5) is 23.3. The SMILES string of the molecule is O=C(NC[C@H]1COc2ccccc2O1)c1cc2c(cc1[N+](=O)[O-])OCCO2. The molecule has 9 nitrogen and oxygen atoms in total. The molecule has 0 spiro atoms. The van der Waals surface area contributed by atoms with Crippen molar-refractivity contribution in [2.75, 3.05) is 26.4 Å². The Labute approximate surface area is 153 Å². The molecule has 0 aliphatic carbocycles. The zero-order valence-electron chi connectivity index (χ0n) is 14.2. The zero-order chi connectivity index (χ0) is 18.8. The molecule has 0 radical (unpaired) electrons. The van der Waals surface area contributed by atoms with Gasteiger partial charge in [0.15, 0.2) is 23.0 Å². The van der Waals surface area contributed by atoms with Crippen LogP contribution in [0.5, 0.6) is 23.0 Å². The fraction of sp³-hybridized carbons (Fsp3) is 0.278. The first-order valence-electron chi connectivity index (χ1n) is 8.36. The van der Waals surface area contributed by atoms with Crippen molar-refractivity contribution in [3.63, 3.8) is 0 Å². The minimum Gasteiger partial charge on any atom is -0.486 e. The number of nitrogens with zero attached hydrogens (tertiary/aromatic N) is 1. The van der Waals surface area contributed by atoms with Gasteiger partial charge in [0, 0.05) is 6.07 Å². The summed E-state index contributed by atoms with van der Waals surface area (Å²) in [5.74, 6) is 1.20. The van der Waals surface area contributed by atoms with Gasteiger partial charge in [-0.25, -0.2) is 0 Å². The molecule has 2 aliphatic heterocycles. The molecule has 2 heterocycles. The Bertz CT molecular complexity index is 899. The van der Waals surface area contributed by atoms with Crippen LogP contribution in [0.1, 0.15) is 10.4 Å². The molecule has 1 atom stereocenters. The van der Waals surface area contributed by atoms with Crippen molar-refractivity contribution in [3.05, 3.63) is 52.1 Å². The van der Waals surface area contributed by atoms with Crippen LogP contribution in [0.3, 0.4) is 0 Å². The Morgan fingerprint density at radius 2 is 1.78 bits per heavy atom. The molecule has 0 saturated carbocycles. The van der Waals surface area contributed by atoms with E-state index in [1.165, 1.54) is 12.1 Å². The maximum atomic E-state index is 12.5. The molecule has 0 bridgehead atoms. The standard InChI is InChI=1S/C18H16N2O7/c21-18(19-9-11-10-26-14-3-1-2-4-15(14)27-11)12-7-16-17(25-6-5-24-16)8-13(12)20(22)23/h1-4,7-8,11H,5-6,9-10H2,(H,19,21)/t11-/m0/s1. The fourth-order valence-corrected chi connectivity index (χ4v) is 2.88. The first-order chi connectivity index (χ1) is 13.1. The third kappa shape index (κ3) is 3.43. The molecule has 1 N–H and O–H groups in total. The summed E-state index contributed by atoms with van der Waals surface area (Å²) >= 11 is 0. The Morgan fingerprint density at radius 3 is 2.52 bits per heavy atom. The second-order valence-corrected chi connectivity index (χ2v) is 5.98. The highest BCUT2D eigenvalue weighted by Crippen LogP contribution is 2.36. The number of nitro groups is 1. The van der Waals surface area contributed by atoms with E-state index < -0.39 is 16.9 Å². The first kappa shape index (κ1) is 17.0. The van der Waals surface area contributed by atoms with Gasteiger partial charge in [0.05, 0.1) is 17.5 Å². The second kappa shape index (κ2) is 7.02. The maximum absolute atomic E-state index is 12.5. The van der Waals surface area contributed by atoms with Crippen molar-refractivity contribution in [1.29, 1.82) is 0 Å². The van der Waals surface area contributed by atoms with E-state index >= 15 is 0 Å². The van der Waals surface area contributed by atoms with Crippen LogP contribution in [-0.4, -0.2) is 43.3 Å². The number of benzene rings is 2. The lowest BCUT2D eigenvalue weighted by molar-refractivity contribution is -0.385. The van der Waals surface area contributed by atoms with Gasteiger partial charge in [-0.3, -0.25) is 14.9 Å². The molecule has 0 fully saturated rings. The molecule has 1 amide bonds. The first-order valence-corrected chi connectivity index (χ1v) is 8.36. The number of para-hydroxylation sites is 2. The summed E-state index contributed by atoms with van der Waals surface area (Å²) in [6.45, 7) is 1.02. The second-order valence-electron chi connectivity index (χ2n) is 5.98. The van der Waals surface area contributed by atoms with E-state index in [4.69, 9.17) is 18.9 Å². The number of carbonyl (C=O) groups excluding carboxylic acids is 1. The highest BCUT2D eigenvalue weighted by Gasteiger charge is 2.27. The number of amides is 1. The van der Waals surface area contributed by atoms with Crippen molar-refractivity contribution in [2.45, 2.75) is 6.10 Å². The molecule has 2 aromatic carbocycles. The highest BCUT2D eigenvalue weighted by molar-refractivity contribution is 5.99. The molecule has 2 aromatic rings. The molecular weight excluding hydrogens is 356 g/mol. The van der Waals surface area contributed by atoms with Gasteiger partial charge in [0.25, 0.3) is 11.6 Å². The van der Waals surface area contributed by atoms with Crippen molar-refractivity contribution in [1.82, 2.24) is 5.32 Å². The molecule has 27 heavy (non-hydrogen) atoms. The summed E-state index contributed by atoms with van der Waals surface area (Å²) < 4.78 is 22.1. The van der Waals surface area contributed by atoms with Crippen molar-refractivity contribution >= 4 is 11.6 Å². The molecule has 140 valence electrons. The third-order valence-corrected chi connectivity index (χ3v) is 4.16. The van der Waals surface area contributed by atoms with Crippen LogP contribution in [-0.2, 0) is 0 Å². The Morgan fingerprint density at radius 1 is 1.07 bits per heavy atom. The van der Waals surface area contributed by atoms with Crippen LogP contribution < -0.4 is 24.3 Å². The van der Waals surface area contributed by atoms with Gasteiger partial charge >= 0.3 is 0 Å². The van der Waals surface area contributed by atoms with E-state index in [0.29, 0.717) is 30.5 Å². The van der Waals surface area contributed by atoms with Gasteiger partial charge in [-0.05, 0) is 12.1 Å². The predicted molar refractivity (Wildman–Crippen MR) is 92.8 cm³/mol. The largest absolute Gasteiger partial charge is 0.486 e. The summed E-state index contributed by atoms with van der Waals surface area (Å²) in [6.07, 6.45) is -0.403. The molecule has 0 aromatic heterocycles. The normalized spacial score (nSPS) is 17.1. The topological polar surface area (TPSA) is 109 Å². The van der Waals surface area contributed by atoms with Crippen LogP contribution in [0.15, 0.2) is 36.4 Å². The number of hydrogen-bond acceptors (Lipinski definition) is 7. The molecule has 0 saturated heterocycles. The number of fused-ring (bicyclic) bond motifs is 2. The molecular formula is C18H16N2O7. The number of nitrogens with one attached hydrogen (secondary N) is 1. The lowest BCUT2D eigenvalue weighted by atomic mass is 10.1. The minimum atomic E-state index is -0.621. The quantitative estimate of drug-likeness (QED) is 0.645. The fourth-order valence-electron chi connectivity index (χ4n) is 2.88. The van der Waals surface area contributed by atoms with Crippen LogP contribution in [0.2, 0.25) is 0 Å². The average Bonchev–Trinajstić information content (AvgIpc) is 2.70. The zero-order valence-corrected chi connectivity index (χ0v) is 14.2. The maximum Gasteiger partial charge on any atom is 0.286 e. The number of rotatable bonds is 4. The van der Waals surface area contributed by atoms with E-state index in [9.17, 15) is 14.9 Å². The van der Waals surface area contributed by atoms with Gasteiger partial charge in [0.1, 0.15) is 31.5 Å². The number of ether oxygens (including phenoxy) is 4. The van der Waals surface area contributed by atoms with E-state index in [2.05, 4.69) is 5.32 Å². The summed E-state index contributed by atoms with van der Waals surface area (Å²) in [7, 11) is 0. The number of nitro benzene ring substituents is 1. The van der Waals surface area contributed by atoms with E-state index in [-0.39, 0.29) is 30.2 Å². The average molecular weight is 372 g/mol. The predicted octanol–water partition coefficient (Wildman–Crippen LogP) is 1.94. The van der Waals surface area contributed by atoms with Crippen LogP contribution >= 0.6 is 0 Å². The summed E-state index contributed by atoms with van der Waals surface area (Å²) in [6, 6.07) is 9.76. The van der Waals surface area contributed by atoms with E-state index in [1.54, 1.807) is 12.1 Å². The highest BCUT2D eigenvalue weighted by atomic mass is 16.6. The monoisotopic (exact) mass is 372 g/mol. The minimum absolute atomic E-state index is 0.0959. The van der Waals surface area contributed by atoms with Crippen LogP contribution in [0.25, 0.3) is 0 Å². The molecule has 2 aliphatic rings. The van der Waals surface area contributed by atoms with Gasteiger partial charge < -0.3 is 24.3 Å². The Hall–Kier alpha value is -3.49. The van der Waals surface area contributed by atoms with Crippen molar-refractivity contribution in [3.8, 4) is 23.0 Å². The Kier molecular flexibility index (Phi) is 4.41. The lowest BCUT2D eigenvalue weighted by Gasteiger charge is -2.26. The lowest BCUT2D eigenvalue weighted by Crippen LogP contribution is -2.40. The van der Waals surface area contributed by atoms with Crippen molar-refractivity contribution in [2.24, 2.45) is 0 Å². The Balaban J connectivity index is 1.48. The smallest absolute Gasteiger partial charge is 0.286 e. The number of hydrogen-bond donors (Lipinski definition) is 1. The van der Waals surface area contributed by atoms with Gasteiger partial charge in [-0.1, -0.05) is 12.1 Å².